The Morgan fingerprint density at radius 2 is 1.55 bits per heavy atom. The van der Waals surface area contributed by atoms with Gasteiger partial charge in [0, 0.05) is 22.9 Å². The maximum atomic E-state index is 12.7. The first-order valence-electron chi connectivity index (χ1n) is 9.03. The van der Waals surface area contributed by atoms with Crippen molar-refractivity contribution in [3.05, 3.63) is 90.1 Å². The van der Waals surface area contributed by atoms with Crippen LogP contribution in [0, 0.1) is 0 Å². The number of fused-ring (bicyclic) bond motifs is 1. The molecule has 0 saturated heterocycles. The van der Waals surface area contributed by atoms with E-state index in [0.717, 1.165) is 22.4 Å². The first-order valence-corrected chi connectivity index (χ1v) is 9.03. The number of amides is 1. The fourth-order valence-electron chi connectivity index (χ4n) is 3.39. The van der Waals surface area contributed by atoms with E-state index in [9.17, 15) is 9.59 Å². The summed E-state index contributed by atoms with van der Waals surface area (Å²) >= 11 is 0. The standard InChI is InChI=1S/C23H19N3O2.BrH/c24-21(28)14-19-18-12-7-13-26(15-20(27)16-8-3-1-4-9-16)23(18)25-22(19)17-10-5-2-6-11-17;/h1-13H,14-15H2,(H2,24,28);1H. The van der Waals surface area contributed by atoms with Gasteiger partial charge in [0.15, 0.2) is 5.78 Å². The smallest absolute Gasteiger partial charge is 0.221 e. The van der Waals surface area contributed by atoms with Crippen LogP contribution in [-0.4, -0.2) is 21.2 Å². The molecule has 0 fully saturated rings. The number of carbonyl (C=O) groups excluding carboxylic acids is 2. The second kappa shape index (κ2) is 8.84. The summed E-state index contributed by atoms with van der Waals surface area (Å²) in [5, 5.41) is 0. The van der Waals surface area contributed by atoms with Gasteiger partial charge in [-0.1, -0.05) is 60.7 Å². The molecule has 2 aliphatic rings. The van der Waals surface area contributed by atoms with Crippen LogP contribution in [0.5, 0.6) is 0 Å². The maximum Gasteiger partial charge on any atom is 0.221 e. The largest absolute Gasteiger partial charge is 0.369 e. The normalized spacial score (nSPS) is 10.5. The third-order valence-electron chi connectivity index (χ3n) is 4.68. The predicted molar refractivity (Wildman–Crippen MR) is 118 cm³/mol. The van der Waals surface area contributed by atoms with Crippen molar-refractivity contribution in [2.45, 2.75) is 13.0 Å². The fraction of sp³-hybridized carbons (Fsp3) is 0.0870. The molecule has 2 aliphatic heterocycles. The molecule has 0 spiro atoms. The topological polar surface area (TPSA) is 78.0 Å². The zero-order valence-electron chi connectivity index (χ0n) is 15.6. The van der Waals surface area contributed by atoms with Crippen molar-refractivity contribution in [2.24, 2.45) is 5.73 Å². The Labute approximate surface area is 179 Å². The van der Waals surface area contributed by atoms with Crippen LogP contribution < -0.4 is 5.73 Å². The van der Waals surface area contributed by atoms with E-state index in [0.29, 0.717) is 11.4 Å². The highest BCUT2D eigenvalue weighted by atomic mass is 79.9. The molecule has 0 aliphatic carbocycles. The van der Waals surface area contributed by atoms with Crippen molar-refractivity contribution in [3.8, 4) is 22.6 Å². The summed E-state index contributed by atoms with van der Waals surface area (Å²) in [6.07, 6.45) is 1.93. The van der Waals surface area contributed by atoms with Crippen molar-refractivity contribution in [1.29, 1.82) is 0 Å². The first-order chi connectivity index (χ1) is 13.6. The van der Waals surface area contributed by atoms with Crippen LogP contribution in [0.2, 0.25) is 0 Å². The van der Waals surface area contributed by atoms with Gasteiger partial charge in [-0.05, 0) is 17.7 Å². The van der Waals surface area contributed by atoms with E-state index in [1.165, 1.54) is 0 Å². The fourth-order valence-corrected chi connectivity index (χ4v) is 3.39. The molecule has 5 nitrogen and oxygen atoms in total. The number of Topliss-reactive ketones (excluding diaryl/α,β-unsaturated/α-hetero) is 1. The van der Waals surface area contributed by atoms with Gasteiger partial charge in [-0.2, -0.15) is 0 Å². The molecule has 0 atom stereocenters. The van der Waals surface area contributed by atoms with Gasteiger partial charge in [-0.15, -0.1) is 17.0 Å². The molecule has 0 saturated carbocycles. The summed E-state index contributed by atoms with van der Waals surface area (Å²) in [6.45, 7) is 0.169. The van der Waals surface area contributed by atoms with Crippen molar-refractivity contribution in [1.82, 2.24) is 9.55 Å². The van der Waals surface area contributed by atoms with E-state index in [1.54, 1.807) is 12.1 Å². The van der Waals surface area contributed by atoms with E-state index in [4.69, 9.17) is 10.7 Å². The maximum absolute atomic E-state index is 12.7. The molecule has 146 valence electrons. The molecule has 29 heavy (non-hydrogen) atoms. The number of halogens is 1. The van der Waals surface area contributed by atoms with Crippen molar-refractivity contribution >= 4 is 28.7 Å². The highest BCUT2D eigenvalue weighted by molar-refractivity contribution is 8.93. The summed E-state index contributed by atoms with van der Waals surface area (Å²) in [5.74, 6) is 0.253. The number of hydrogen-bond donors (Lipinski definition) is 1. The second-order valence-electron chi connectivity index (χ2n) is 6.61. The van der Waals surface area contributed by atoms with Gasteiger partial charge in [0.2, 0.25) is 5.91 Å². The van der Waals surface area contributed by atoms with Crippen molar-refractivity contribution in [2.75, 3.05) is 0 Å². The van der Waals surface area contributed by atoms with Gasteiger partial charge in [0.1, 0.15) is 5.82 Å². The molecule has 0 aromatic heterocycles. The quantitative estimate of drug-likeness (QED) is 0.449. The molecule has 1 amide bonds. The molecule has 2 aromatic carbocycles. The molecular weight excluding hydrogens is 430 g/mol. The highest BCUT2D eigenvalue weighted by Crippen LogP contribution is 2.35. The molecule has 0 radical (unpaired) electrons. The summed E-state index contributed by atoms with van der Waals surface area (Å²) in [7, 11) is 0. The molecule has 2 N–H and O–H groups in total. The van der Waals surface area contributed by atoms with Crippen molar-refractivity contribution < 1.29 is 9.59 Å². The van der Waals surface area contributed by atoms with Crippen LogP contribution in [0.4, 0.5) is 0 Å². The zero-order chi connectivity index (χ0) is 19.5. The molecule has 2 heterocycles. The number of rotatable bonds is 6. The minimum absolute atomic E-state index is 0. The molecule has 4 rings (SSSR count). The van der Waals surface area contributed by atoms with Gasteiger partial charge in [-0.25, -0.2) is 4.98 Å². The van der Waals surface area contributed by atoms with Gasteiger partial charge >= 0.3 is 0 Å². The Bertz CT molecular complexity index is 1110. The summed E-state index contributed by atoms with van der Waals surface area (Å²) in [4.78, 5) is 29.1. The third kappa shape index (κ3) is 4.27. The number of nitrogens with zero attached hydrogens (tertiary/aromatic N) is 2. The number of carbonyl (C=O) groups is 2. The average Bonchev–Trinajstić information content (AvgIpc) is 3.08. The molecule has 6 heteroatoms. The number of aromatic nitrogens is 2. The predicted octanol–water partition coefficient (Wildman–Crippen LogP) is 4.14. The van der Waals surface area contributed by atoms with Crippen LogP contribution >= 0.6 is 17.0 Å². The van der Waals surface area contributed by atoms with Crippen LogP contribution in [0.25, 0.3) is 22.6 Å². The molecular formula is C23H20BrN3O2. The van der Waals surface area contributed by atoms with E-state index in [1.807, 2.05) is 71.4 Å². The van der Waals surface area contributed by atoms with Crippen LogP contribution in [-0.2, 0) is 17.8 Å². The third-order valence-corrected chi connectivity index (χ3v) is 4.68. The summed E-state index contributed by atoms with van der Waals surface area (Å²) in [5.41, 5.74) is 9.40. The highest BCUT2D eigenvalue weighted by Gasteiger charge is 2.23. The van der Waals surface area contributed by atoms with E-state index < -0.39 is 5.91 Å². The lowest BCUT2D eigenvalue weighted by atomic mass is 10.0. The van der Waals surface area contributed by atoms with Gasteiger partial charge < -0.3 is 10.3 Å². The average molecular weight is 450 g/mol. The number of pyridine rings is 1. The van der Waals surface area contributed by atoms with Crippen LogP contribution in [0.3, 0.4) is 0 Å². The van der Waals surface area contributed by atoms with E-state index >= 15 is 0 Å². The van der Waals surface area contributed by atoms with Gasteiger partial charge in [0.25, 0.3) is 0 Å². The SMILES string of the molecule is Br.NC(=O)Cc1c2cccn(CC(=O)c3ccccc3)c-2nc1-c1ccccc1. The lowest BCUT2D eigenvalue weighted by Crippen LogP contribution is -2.15. The number of hydrogen-bond acceptors (Lipinski definition) is 3. The van der Waals surface area contributed by atoms with Crippen LogP contribution in [0.15, 0.2) is 79.0 Å². The molecule has 2 aromatic rings. The summed E-state index contributed by atoms with van der Waals surface area (Å²) in [6, 6.07) is 22.6. The van der Waals surface area contributed by atoms with Gasteiger partial charge in [0.05, 0.1) is 18.7 Å². The minimum Gasteiger partial charge on any atom is -0.369 e. The Hall–Kier alpha value is -3.25. The number of nitrogens with two attached hydrogens (primary N) is 1. The lowest BCUT2D eigenvalue weighted by Gasteiger charge is -2.11. The second-order valence-corrected chi connectivity index (χ2v) is 6.61. The first kappa shape index (κ1) is 20.5. The Morgan fingerprint density at radius 1 is 0.897 bits per heavy atom. The Morgan fingerprint density at radius 3 is 2.21 bits per heavy atom. The Balaban J connectivity index is 0.00000240. The number of ketones is 1. The van der Waals surface area contributed by atoms with Crippen LogP contribution in [0.1, 0.15) is 15.9 Å². The van der Waals surface area contributed by atoms with E-state index in [2.05, 4.69) is 0 Å². The van der Waals surface area contributed by atoms with Crippen molar-refractivity contribution in [3.63, 3.8) is 0 Å². The van der Waals surface area contributed by atoms with E-state index in [-0.39, 0.29) is 35.7 Å². The Kier molecular flexibility index (Phi) is 6.24. The summed E-state index contributed by atoms with van der Waals surface area (Å²) < 4.78 is 1.82. The molecule has 0 bridgehead atoms. The number of primary amides is 1. The monoisotopic (exact) mass is 449 g/mol. The zero-order valence-corrected chi connectivity index (χ0v) is 17.3. The molecule has 0 unspecified atom stereocenters. The van der Waals surface area contributed by atoms with Gasteiger partial charge in [-0.3, -0.25) is 9.59 Å². The number of benzene rings is 2. The minimum atomic E-state index is -0.415. The lowest BCUT2D eigenvalue weighted by molar-refractivity contribution is -0.117.